The number of aromatic nitrogens is 2. The van der Waals surface area contributed by atoms with Gasteiger partial charge in [0.2, 0.25) is 0 Å². The summed E-state index contributed by atoms with van der Waals surface area (Å²) in [4.78, 5) is 24.2. The van der Waals surface area contributed by atoms with Gasteiger partial charge in [0.25, 0.3) is 5.91 Å². The number of halogens is 2. The summed E-state index contributed by atoms with van der Waals surface area (Å²) in [6.45, 7) is 2.53. The number of nitrogens with two attached hydrogens (primary N) is 1. The van der Waals surface area contributed by atoms with Crippen LogP contribution in [-0.4, -0.2) is 27.6 Å². The van der Waals surface area contributed by atoms with E-state index in [2.05, 4.69) is 20.3 Å². The molecule has 0 spiro atoms. The Balaban J connectivity index is 1.89. The van der Waals surface area contributed by atoms with Gasteiger partial charge in [-0.1, -0.05) is 30.3 Å². The van der Waals surface area contributed by atoms with Crippen molar-refractivity contribution in [3.8, 4) is 0 Å². The van der Waals surface area contributed by atoms with Crippen LogP contribution in [0.3, 0.4) is 0 Å². The van der Waals surface area contributed by atoms with Crippen LogP contribution >= 0.6 is 23.4 Å². The fourth-order valence-corrected chi connectivity index (χ4v) is 4.09. The molecular formula is C17H17ClFN5OS. The number of hydrogen-bond donors (Lipinski definition) is 2. The topological polar surface area (TPSA) is 93.3 Å². The van der Waals surface area contributed by atoms with Crippen molar-refractivity contribution in [3.63, 3.8) is 0 Å². The molecule has 136 valence electrons. The van der Waals surface area contributed by atoms with Crippen molar-refractivity contribution < 1.29 is 9.18 Å². The third kappa shape index (κ3) is 3.81. The average Bonchev–Trinajstić information content (AvgIpc) is 2.63. The first kappa shape index (κ1) is 18.6. The van der Waals surface area contributed by atoms with Crippen LogP contribution < -0.4 is 11.1 Å². The summed E-state index contributed by atoms with van der Waals surface area (Å²) in [6, 6.07) is 4.50. The van der Waals surface area contributed by atoms with Gasteiger partial charge in [-0.25, -0.2) is 14.4 Å². The molecule has 2 heterocycles. The van der Waals surface area contributed by atoms with E-state index in [-0.39, 0.29) is 16.7 Å². The van der Waals surface area contributed by atoms with Crippen molar-refractivity contribution in [1.82, 2.24) is 9.97 Å². The Morgan fingerprint density at radius 1 is 1.42 bits per heavy atom. The maximum Gasteiger partial charge on any atom is 0.275 e. The summed E-state index contributed by atoms with van der Waals surface area (Å²) in [7, 11) is 0. The number of anilines is 1. The highest BCUT2D eigenvalue weighted by Gasteiger charge is 2.37. The van der Waals surface area contributed by atoms with Crippen molar-refractivity contribution in [1.29, 1.82) is 0 Å². The Kier molecular flexibility index (Phi) is 5.43. The van der Waals surface area contributed by atoms with Gasteiger partial charge in [-0.15, -0.1) is 0 Å². The number of amides is 1. The molecule has 3 rings (SSSR count). The molecule has 1 aromatic heterocycles. The molecule has 0 unspecified atom stereocenters. The molecule has 3 N–H and O–H groups in total. The summed E-state index contributed by atoms with van der Waals surface area (Å²) in [6.07, 6.45) is 3.93. The van der Waals surface area contributed by atoms with Gasteiger partial charge in [0.1, 0.15) is 16.7 Å². The van der Waals surface area contributed by atoms with Crippen LogP contribution in [0, 0.1) is 5.82 Å². The molecule has 9 heteroatoms. The maximum atomic E-state index is 14.6. The average molecular weight is 394 g/mol. The Hall–Kier alpha value is -2.19. The Morgan fingerprint density at radius 2 is 2.23 bits per heavy atom. The number of aliphatic imine (C=N–C) groups is 1. The first-order valence-corrected chi connectivity index (χ1v) is 9.21. The number of carbonyl (C=O) groups excluding carboxylic acids is 1. The predicted octanol–water partition coefficient (Wildman–Crippen LogP) is 3.58. The van der Waals surface area contributed by atoms with Crippen LogP contribution in [0.2, 0.25) is 5.15 Å². The van der Waals surface area contributed by atoms with Gasteiger partial charge in [-0.3, -0.25) is 9.79 Å². The van der Waals surface area contributed by atoms with E-state index in [1.54, 1.807) is 6.07 Å². The second kappa shape index (κ2) is 7.59. The van der Waals surface area contributed by atoms with E-state index in [1.165, 1.54) is 36.3 Å². The Bertz CT molecular complexity index is 861. The SMILES string of the molecule is CC[C@@]1(c2cc(NC(=O)c3cnc(Cl)cn3)ccc2F)CCN=C(N)S1. The summed E-state index contributed by atoms with van der Waals surface area (Å²) in [5, 5.41) is 3.36. The molecule has 0 saturated heterocycles. The monoisotopic (exact) mass is 393 g/mol. The normalized spacial score (nSPS) is 19.7. The number of hydrogen-bond acceptors (Lipinski definition) is 6. The van der Waals surface area contributed by atoms with E-state index in [0.29, 0.717) is 35.8 Å². The molecule has 0 radical (unpaired) electrons. The van der Waals surface area contributed by atoms with Crippen LogP contribution in [0.25, 0.3) is 0 Å². The Labute approximate surface area is 159 Å². The standard InChI is InChI=1S/C17H17ClFN5OS/c1-2-17(5-6-21-16(20)26-17)11-7-10(3-4-12(11)19)24-15(25)13-8-23-14(18)9-22-13/h3-4,7-9H,2,5-6H2,1H3,(H2,20,21)(H,24,25)/t17-/m0/s1. The molecule has 1 atom stereocenters. The molecule has 1 aromatic carbocycles. The van der Waals surface area contributed by atoms with Gasteiger partial charge >= 0.3 is 0 Å². The van der Waals surface area contributed by atoms with Crippen molar-refractivity contribution in [2.24, 2.45) is 10.7 Å². The lowest BCUT2D eigenvalue weighted by atomic mass is 9.91. The molecule has 0 fully saturated rings. The largest absolute Gasteiger partial charge is 0.379 e. The number of benzene rings is 1. The second-order valence-corrected chi connectivity index (χ2v) is 7.58. The van der Waals surface area contributed by atoms with Gasteiger partial charge < -0.3 is 11.1 Å². The first-order valence-electron chi connectivity index (χ1n) is 8.01. The van der Waals surface area contributed by atoms with Gasteiger partial charge in [-0.05, 0) is 31.0 Å². The van der Waals surface area contributed by atoms with Crippen molar-refractivity contribution in [3.05, 3.63) is 52.8 Å². The zero-order valence-electron chi connectivity index (χ0n) is 14.0. The van der Waals surface area contributed by atoms with E-state index in [4.69, 9.17) is 17.3 Å². The van der Waals surface area contributed by atoms with E-state index < -0.39 is 10.7 Å². The summed E-state index contributed by atoms with van der Waals surface area (Å²) in [5.41, 5.74) is 6.97. The third-order valence-electron chi connectivity index (χ3n) is 4.22. The molecule has 0 bridgehead atoms. The number of thioether (sulfide) groups is 1. The van der Waals surface area contributed by atoms with Crippen LogP contribution in [0.15, 0.2) is 35.6 Å². The minimum absolute atomic E-state index is 0.119. The minimum atomic E-state index is -0.503. The van der Waals surface area contributed by atoms with Crippen LogP contribution in [-0.2, 0) is 4.75 Å². The van der Waals surface area contributed by atoms with Crippen molar-refractivity contribution in [2.45, 2.75) is 24.5 Å². The molecule has 1 aliphatic heterocycles. The highest BCUT2D eigenvalue weighted by atomic mass is 35.5. The number of nitrogens with one attached hydrogen (secondary N) is 1. The molecule has 0 aliphatic carbocycles. The molecule has 26 heavy (non-hydrogen) atoms. The lowest BCUT2D eigenvalue weighted by molar-refractivity contribution is 0.102. The zero-order valence-corrected chi connectivity index (χ0v) is 15.6. The van der Waals surface area contributed by atoms with E-state index in [1.807, 2.05) is 6.92 Å². The fraction of sp³-hybridized carbons (Fsp3) is 0.294. The highest BCUT2D eigenvalue weighted by molar-refractivity contribution is 8.14. The second-order valence-electron chi connectivity index (χ2n) is 5.79. The van der Waals surface area contributed by atoms with Crippen molar-refractivity contribution in [2.75, 3.05) is 11.9 Å². The van der Waals surface area contributed by atoms with Crippen molar-refractivity contribution >= 4 is 40.1 Å². The molecule has 2 aromatic rings. The van der Waals surface area contributed by atoms with E-state index in [0.717, 1.165) is 0 Å². The minimum Gasteiger partial charge on any atom is -0.379 e. The predicted molar refractivity (Wildman–Crippen MR) is 102 cm³/mol. The summed E-state index contributed by atoms with van der Waals surface area (Å²) >= 11 is 7.04. The maximum absolute atomic E-state index is 14.6. The number of carbonyl (C=O) groups is 1. The number of rotatable bonds is 4. The van der Waals surface area contributed by atoms with Gasteiger partial charge in [0, 0.05) is 17.8 Å². The summed E-state index contributed by atoms with van der Waals surface area (Å²) < 4.78 is 14.1. The molecule has 6 nitrogen and oxygen atoms in total. The van der Waals surface area contributed by atoms with Crippen LogP contribution in [0.1, 0.15) is 35.8 Å². The van der Waals surface area contributed by atoms with Gasteiger partial charge in [0.15, 0.2) is 5.17 Å². The molecule has 1 aliphatic rings. The third-order valence-corrected chi connectivity index (χ3v) is 5.86. The highest BCUT2D eigenvalue weighted by Crippen LogP contribution is 2.46. The van der Waals surface area contributed by atoms with E-state index in [9.17, 15) is 9.18 Å². The molecule has 1 amide bonds. The quantitative estimate of drug-likeness (QED) is 0.828. The molecular weight excluding hydrogens is 377 g/mol. The fourth-order valence-electron chi connectivity index (χ4n) is 2.84. The number of amidine groups is 1. The van der Waals surface area contributed by atoms with E-state index >= 15 is 0 Å². The van der Waals surface area contributed by atoms with Gasteiger partial charge in [-0.2, -0.15) is 0 Å². The molecule has 0 saturated carbocycles. The number of nitrogens with zero attached hydrogens (tertiary/aromatic N) is 3. The van der Waals surface area contributed by atoms with Crippen LogP contribution in [0.4, 0.5) is 10.1 Å². The van der Waals surface area contributed by atoms with Gasteiger partial charge in [0.05, 0.1) is 17.1 Å². The smallest absolute Gasteiger partial charge is 0.275 e. The summed E-state index contributed by atoms with van der Waals surface area (Å²) in [5.74, 6) is -0.784. The lowest BCUT2D eigenvalue weighted by Gasteiger charge is -2.35. The Morgan fingerprint density at radius 3 is 2.88 bits per heavy atom. The lowest BCUT2D eigenvalue weighted by Crippen LogP contribution is -2.31. The van der Waals surface area contributed by atoms with Crippen LogP contribution in [0.5, 0.6) is 0 Å². The zero-order chi connectivity index (χ0) is 18.7. The first-order chi connectivity index (χ1) is 12.4.